The van der Waals surface area contributed by atoms with E-state index in [0.717, 1.165) is 12.0 Å². The number of carbonyl (C=O) groups excluding carboxylic acids is 1. The molecule has 1 amide bonds. The number of aromatic amines is 1. The topological polar surface area (TPSA) is 163 Å². The van der Waals surface area contributed by atoms with Crippen molar-refractivity contribution in [3.05, 3.63) is 59.7 Å². The van der Waals surface area contributed by atoms with Crippen LogP contribution in [0.2, 0.25) is 0 Å². The van der Waals surface area contributed by atoms with Crippen LogP contribution in [0.25, 0.3) is 10.9 Å². The number of sulfonamides is 1. The second kappa shape index (κ2) is 13.9. The summed E-state index contributed by atoms with van der Waals surface area (Å²) in [6.07, 6.45) is -1.88. The van der Waals surface area contributed by atoms with Gasteiger partial charge in [0.25, 0.3) is 0 Å². The van der Waals surface area contributed by atoms with E-state index in [4.69, 9.17) is 14.2 Å². The lowest BCUT2D eigenvalue weighted by Gasteiger charge is -2.31. The monoisotopic (exact) mass is 642 g/mol. The van der Waals surface area contributed by atoms with Crippen LogP contribution < -0.4 is 5.32 Å². The van der Waals surface area contributed by atoms with Crippen LogP contribution in [-0.4, -0.2) is 97.6 Å². The molecule has 1 aromatic heterocycles. The summed E-state index contributed by atoms with van der Waals surface area (Å²) in [5, 5.41) is 25.4. The first-order chi connectivity index (χ1) is 21.5. The molecule has 244 valence electrons. The van der Waals surface area contributed by atoms with E-state index in [9.17, 15) is 23.4 Å². The van der Waals surface area contributed by atoms with Gasteiger partial charge >= 0.3 is 6.09 Å². The van der Waals surface area contributed by atoms with Crippen LogP contribution in [0.15, 0.2) is 58.4 Å². The zero-order valence-corrected chi connectivity index (χ0v) is 26.8. The predicted molar refractivity (Wildman–Crippen MR) is 169 cm³/mol. The van der Waals surface area contributed by atoms with E-state index in [1.807, 2.05) is 44.2 Å². The Labute approximate surface area is 263 Å². The zero-order chi connectivity index (χ0) is 32.3. The number of aromatic hydroxyl groups is 1. The molecule has 2 saturated heterocycles. The molecule has 5 rings (SSSR count). The molecule has 2 aliphatic rings. The lowest BCUT2D eigenvalue weighted by Crippen LogP contribution is -2.51. The molecule has 3 aromatic rings. The van der Waals surface area contributed by atoms with Gasteiger partial charge in [0.05, 0.1) is 41.7 Å². The highest BCUT2D eigenvalue weighted by Crippen LogP contribution is 2.33. The van der Waals surface area contributed by atoms with Crippen molar-refractivity contribution in [2.45, 2.75) is 63.0 Å². The average Bonchev–Trinajstić information content (AvgIpc) is 3.71. The van der Waals surface area contributed by atoms with Crippen LogP contribution in [0.3, 0.4) is 0 Å². The number of hydrogen-bond donors (Lipinski definition) is 4. The molecule has 0 aliphatic carbocycles. The normalized spacial score (nSPS) is 21.8. The number of fused-ring (bicyclic) bond motifs is 2. The third-order valence-corrected chi connectivity index (χ3v) is 10.2. The summed E-state index contributed by atoms with van der Waals surface area (Å²) in [6, 6.07) is 13.1. The van der Waals surface area contributed by atoms with Gasteiger partial charge in [-0.05, 0) is 49.4 Å². The van der Waals surface area contributed by atoms with E-state index in [-0.39, 0.29) is 55.0 Å². The van der Waals surface area contributed by atoms with Crippen molar-refractivity contribution in [2.24, 2.45) is 16.8 Å². The third kappa shape index (κ3) is 7.33. The van der Waals surface area contributed by atoms with Crippen molar-refractivity contribution >= 4 is 32.7 Å². The van der Waals surface area contributed by atoms with Gasteiger partial charge in [-0.25, -0.2) is 13.2 Å². The van der Waals surface area contributed by atoms with Gasteiger partial charge in [0.15, 0.2) is 12.2 Å². The van der Waals surface area contributed by atoms with Gasteiger partial charge in [-0.15, -0.1) is 0 Å². The molecule has 2 aliphatic heterocycles. The number of nitrogens with one attached hydrogen (secondary N) is 2. The summed E-state index contributed by atoms with van der Waals surface area (Å²) >= 11 is 0. The van der Waals surface area contributed by atoms with Gasteiger partial charge in [0.1, 0.15) is 6.10 Å². The minimum atomic E-state index is -4.12. The second-order valence-electron chi connectivity index (χ2n) is 12.1. The molecule has 4 N–H and O–H groups in total. The summed E-state index contributed by atoms with van der Waals surface area (Å²) in [5.74, 6) is -0.211. The number of rotatable bonds is 12. The Morgan fingerprint density at radius 3 is 2.64 bits per heavy atom. The Hall–Kier alpha value is -3.49. The van der Waals surface area contributed by atoms with Crippen molar-refractivity contribution in [1.82, 2.24) is 14.6 Å². The molecule has 12 nitrogen and oxygen atoms in total. The summed E-state index contributed by atoms with van der Waals surface area (Å²) in [5.41, 5.74) is 2.39. The van der Waals surface area contributed by atoms with Crippen LogP contribution in [0.4, 0.5) is 4.79 Å². The number of aliphatic imine (C=N–C) groups is 1. The maximum atomic E-state index is 14.1. The fourth-order valence-electron chi connectivity index (χ4n) is 5.98. The Bertz CT molecular complexity index is 1620. The number of aromatic nitrogens is 1. The van der Waals surface area contributed by atoms with E-state index in [2.05, 4.69) is 15.3 Å². The summed E-state index contributed by atoms with van der Waals surface area (Å²) < 4.78 is 46.3. The number of hydrogen-bond acceptors (Lipinski definition) is 9. The molecular formula is C32H42N4O8S. The minimum absolute atomic E-state index is 0.00792. The van der Waals surface area contributed by atoms with Gasteiger partial charge in [-0.2, -0.15) is 4.31 Å². The number of aliphatic hydroxyl groups excluding tert-OH is 1. The van der Waals surface area contributed by atoms with Crippen LogP contribution in [0.5, 0.6) is 5.88 Å². The lowest BCUT2D eigenvalue weighted by atomic mass is 10.0. The third-order valence-electron chi connectivity index (χ3n) is 8.35. The van der Waals surface area contributed by atoms with Crippen molar-refractivity contribution in [3.8, 4) is 5.88 Å². The van der Waals surface area contributed by atoms with Gasteiger partial charge in [-0.1, -0.05) is 44.2 Å². The van der Waals surface area contributed by atoms with Gasteiger partial charge in [0, 0.05) is 36.8 Å². The van der Waals surface area contributed by atoms with Crippen molar-refractivity contribution in [3.63, 3.8) is 0 Å². The maximum absolute atomic E-state index is 14.1. The number of aliphatic hydroxyl groups is 1. The molecule has 3 heterocycles. The first-order valence-corrected chi connectivity index (χ1v) is 16.6. The van der Waals surface area contributed by atoms with Crippen molar-refractivity contribution in [2.75, 3.05) is 33.4 Å². The Morgan fingerprint density at radius 2 is 1.93 bits per heavy atom. The first-order valence-electron chi connectivity index (χ1n) is 15.2. The molecule has 5 unspecified atom stereocenters. The molecule has 0 saturated carbocycles. The predicted octanol–water partition coefficient (Wildman–Crippen LogP) is 3.42. The SMILES string of the molecule is CN=C(C)c1c(O)[nH]c2ccc(S(=O)(=O)N(CC(C)C)CC(O)C(Cc3ccccc3)NC(=O)OC3COC4OCCC34)cc12. The minimum Gasteiger partial charge on any atom is -0.494 e. The number of carbonyl (C=O) groups is 1. The van der Waals surface area contributed by atoms with Crippen LogP contribution in [0.1, 0.15) is 38.3 Å². The van der Waals surface area contributed by atoms with Crippen molar-refractivity contribution < 1.29 is 37.6 Å². The smallest absolute Gasteiger partial charge is 0.407 e. The molecule has 0 radical (unpaired) electrons. The van der Waals surface area contributed by atoms with Crippen LogP contribution in [0, 0.1) is 11.8 Å². The van der Waals surface area contributed by atoms with E-state index < -0.39 is 34.4 Å². The number of benzene rings is 2. The van der Waals surface area contributed by atoms with E-state index in [0.29, 0.717) is 28.8 Å². The van der Waals surface area contributed by atoms with Crippen LogP contribution >= 0.6 is 0 Å². The van der Waals surface area contributed by atoms with Gasteiger partial charge in [-0.3, -0.25) is 4.99 Å². The summed E-state index contributed by atoms with van der Waals surface area (Å²) in [7, 11) is -2.53. The molecule has 45 heavy (non-hydrogen) atoms. The lowest BCUT2D eigenvalue weighted by molar-refractivity contribution is -0.0907. The van der Waals surface area contributed by atoms with E-state index in [1.165, 1.54) is 16.4 Å². The fraction of sp³-hybridized carbons (Fsp3) is 0.500. The number of amides is 1. The first kappa shape index (κ1) is 32.9. The number of H-pyrrole nitrogens is 1. The summed E-state index contributed by atoms with van der Waals surface area (Å²) in [4.78, 5) is 20.1. The van der Waals surface area contributed by atoms with E-state index in [1.54, 1.807) is 20.0 Å². The largest absolute Gasteiger partial charge is 0.494 e. The standard InChI is InChI=1S/C32H42N4O8S/c1-19(2)16-36(45(40,41)22-10-11-25-24(15-22)29(20(3)33-4)30(38)34-25)17-27(37)26(14-21-8-6-5-7-9-21)35-32(39)44-28-18-43-31-23(28)12-13-42-31/h5-11,15,19,23,26-28,31,34,37-38H,12-14,16-18H2,1-4H3,(H,35,39). The van der Waals surface area contributed by atoms with Crippen LogP contribution in [-0.2, 0) is 30.7 Å². The van der Waals surface area contributed by atoms with Gasteiger partial charge in [0.2, 0.25) is 10.0 Å². The molecule has 2 fully saturated rings. The quantitative estimate of drug-likeness (QED) is 0.219. The Kier molecular flexibility index (Phi) is 10.1. The average molecular weight is 643 g/mol. The highest BCUT2D eigenvalue weighted by atomic mass is 32.2. The highest BCUT2D eigenvalue weighted by Gasteiger charge is 2.44. The number of ether oxygens (including phenoxy) is 3. The molecule has 0 spiro atoms. The highest BCUT2D eigenvalue weighted by molar-refractivity contribution is 7.89. The zero-order valence-electron chi connectivity index (χ0n) is 26.0. The van der Waals surface area contributed by atoms with E-state index >= 15 is 0 Å². The Balaban J connectivity index is 1.39. The molecule has 5 atom stereocenters. The number of alkyl carbamates (subject to hydrolysis) is 1. The number of nitrogens with zero attached hydrogens (tertiary/aromatic N) is 2. The molecular weight excluding hydrogens is 600 g/mol. The fourth-order valence-corrected chi connectivity index (χ4v) is 7.63. The summed E-state index contributed by atoms with van der Waals surface area (Å²) in [6.45, 7) is 6.13. The molecule has 13 heteroatoms. The maximum Gasteiger partial charge on any atom is 0.407 e. The second-order valence-corrected chi connectivity index (χ2v) is 14.0. The van der Waals surface area contributed by atoms with Gasteiger partial charge < -0.3 is 34.7 Å². The molecule has 2 aromatic carbocycles. The Morgan fingerprint density at radius 1 is 1.18 bits per heavy atom. The molecule has 0 bridgehead atoms. The van der Waals surface area contributed by atoms with Crippen molar-refractivity contribution in [1.29, 1.82) is 0 Å².